The maximum atomic E-state index is 12.2. The standard InChI is InChI=1S/C23H26O3/c1-16(2)13-20-22(3,4)23(20,21(24)25)15-17-9-8-12-19(14-17)26-18-10-6-5-7-11-18/h5-14,20H,15H2,1-4H3,(H,24,25)/t20-,23-/m1/s1. The van der Waals surface area contributed by atoms with Gasteiger partial charge in [-0.05, 0) is 55.5 Å². The van der Waals surface area contributed by atoms with E-state index in [4.69, 9.17) is 4.74 Å². The van der Waals surface area contributed by atoms with Crippen LogP contribution in [0.1, 0.15) is 33.3 Å². The van der Waals surface area contributed by atoms with Crippen molar-refractivity contribution in [3.05, 3.63) is 71.8 Å². The molecule has 0 heterocycles. The summed E-state index contributed by atoms with van der Waals surface area (Å²) in [4.78, 5) is 12.2. The fraction of sp³-hybridized carbons (Fsp3) is 0.348. The molecule has 1 aliphatic carbocycles. The summed E-state index contributed by atoms with van der Waals surface area (Å²) in [5, 5.41) is 10.0. The molecule has 26 heavy (non-hydrogen) atoms. The van der Waals surface area contributed by atoms with Crippen molar-refractivity contribution in [1.82, 2.24) is 0 Å². The third kappa shape index (κ3) is 3.14. The van der Waals surface area contributed by atoms with Crippen LogP contribution in [0.4, 0.5) is 0 Å². The second kappa shape index (κ2) is 6.64. The lowest BCUT2D eigenvalue weighted by Gasteiger charge is -2.16. The summed E-state index contributed by atoms with van der Waals surface area (Å²) >= 11 is 0. The van der Waals surface area contributed by atoms with Gasteiger partial charge in [0.15, 0.2) is 0 Å². The highest BCUT2D eigenvalue weighted by Gasteiger charge is 2.74. The molecule has 3 heteroatoms. The lowest BCUT2D eigenvalue weighted by molar-refractivity contribution is -0.145. The van der Waals surface area contributed by atoms with Gasteiger partial charge in [-0.15, -0.1) is 0 Å². The number of hydrogen-bond donors (Lipinski definition) is 1. The number of aliphatic carboxylic acids is 1. The van der Waals surface area contributed by atoms with Crippen LogP contribution < -0.4 is 4.74 Å². The molecule has 0 aliphatic heterocycles. The van der Waals surface area contributed by atoms with Crippen LogP contribution in [-0.4, -0.2) is 11.1 Å². The minimum absolute atomic E-state index is 0.0381. The van der Waals surface area contributed by atoms with Crippen LogP contribution in [0.3, 0.4) is 0 Å². The Labute approximate surface area is 155 Å². The average Bonchev–Trinajstić information content (AvgIpc) is 3.03. The molecule has 0 bridgehead atoms. The molecule has 0 unspecified atom stereocenters. The Morgan fingerprint density at radius 2 is 1.73 bits per heavy atom. The van der Waals surface area contributed by atoms with E-state index in [1.807, 2.05) is 68.4 Å². The summed E-state index contributed by atoms with van der Waals surface area (Å²) in [6.45, 7) is 8.15. The molecule has 1 saturated carbocycles. The maximum absolute atomic E-state index is 12.2. The first-order valence-corrected chi connectivity index (χ1v) is 8.97. The fourth-order valence-corrected chi connectivity index (χ4v) is 4.07. The van der Waals surface area contributed by atoms with Crippen molar-refractivity contribution < 1.29 is 14.6 Å². The molecule has 0 saturated heterocycles. The SMILES string of the molecule is CC(C)=C[C@@H]1C(C)(C)[C@@]1(Cc1cccc(Oc2ccccc2)c1)C(=O)O. The van der Waals surface area contributed by atoms with E-state index >= 15 is 0 Å². The van der Waals surface area contributed by atoms with Crippen LogP contribution in [0.15, 0.2) is 66.2 Å². The Kier molecular flexibility index (Phi) is 4.66. The third-order valence-electron chi connectivity index (χ3n) is 5.62. The van der Waals surface area contributed by atoms with Gasteiger partial charge in [-0.1, -0.05) is 55.8 Å². The van der Waals surface area contributed by atoms with Crippen LogP contribution in [-0.2, 0) is 11.2 Å². The summed E-state index contributed by atoms with van der Waals surface area (Å²) in [6.07, 6.45) is 2.61. The fourth-order valence-electron chi connectivity index (χ4n) is 4.07. The van der Waals surface area contributed by atoms with E-state index in [9.17, 15) is 9.90 Å². The summed E-state index contributed by atoms with van der Waals surface area (Å²) in [6, 6.07) is 17.4. The highest BCUT2D eigenvalue weighted by molar-refractivity contribution is 5.82. The molecular weight excluding hydrogens is 324 g/mol. The second-order valence-electron chi connectivity index (χ2n) is 7.96. The summed E-state index contributed by atoms with van der Waals surface area (Å²) in [7, 11) is 0. The Hall–Kier alpha value is -2.55. The number of benzene rings is 2. The molecule has 0 spiro atoms. The molecule has 136 valence electrons. The second-order valence-corrected chi connectivity index (χ2v) is 7.96. The number of carboxylic acids is 1. The molecule has 3 nitrogen and oxygen atoms in total. The first kappa shape index (κ1) is 18.2. The molecule has 1 fully saturated rings. The summed E-state index contributed by atoms with van der Waals surface area (Å²) < 4.78 is 5.90. The lowest BCUT2D eigenvalue weighted by atomic mass is 9.88. The van der Waals surface area contributed by atoms with E-state index in [1.54, 1.807) is 0 Å². The van der Waals surface area contributed by atoms with Gasteiger partial charge in [-0.3, -0.25) is 4.79 Å². The van der Waals surface area contributed by atoms with Crippen molar-refractivity contribution in [3.63, 3.8) is 0 Å². The summed E-state index contributed by atoms with van der Waals surface area (Å²) in [5.74, 6) is 0.814. The van der Waals surface area contributed by atoms with Crippen molar-refractivity contribution >= 4 is 5.97 Å². The maximum Gasteiger partial charge on any atom is 0.311 e. The van der Waals surface area contributed by atoms with E-state index in [0.29, 0.717) is 6.42 Å². The Bertz CT molecular complexity index is 832. The van der Waals surface area contributed by atoms with Gasteiger partial charge in [0.2, 0.25) is 0 Å². The smallest absolute Gasteiger partial charge is 0.311 e. The molecule has 1 aliphatic rings. The van der Waals surface area contributed by atoms with Crippen LogP contribution in [0, 0.1) is 16.7 Å². The van der Waals surface area contributed by atoms with Gasteiger partial charge < -0.3 is 9.84 Å². The monoisotopic (exact) mass is 350 g/mol. The normalized spacial score (nSPS) is 23.2. The van der Waals surface area contributed by atoms with Gasteiger partial charge >= 0.3 is 5.97 Å². The van der Waals surface area contributed by atoms with E-state index in [2.05, 4.69) is 19.9 Å². The van der Waals surface area contributed by atoms with Crippen molar-refractivity contribution in [2.75, 3.05) is 0 Å². The van der Waals surface area contributed by atoms with E-state index in [-0.39, 0.29) is 11.3 Å². The summed E-state index contributed by atoms with van der Waals surface area (Å²) in [5.41, 5.74) is 1.10. The van der Waals surface area contributed by atoms with Crippen molar-refractivity contribution in [3.8, 4) is 11.5 Å². The minimum atomic E-state index is -0.768. The highest BCUT2D eigenvalue weighted by atomic mass is 16.5. The van der Waals surface area contributed by atoms with Crippen molar-refractivity contribution in [2.24, 2.45) is 16.7 Å². The Morgan fingerprint density at radius 1 is 1.08 bits per heavy atom. The molecule has 2 atom stereocenters. The van der Waals surface area contributed by atoms with Crippen LogP contribution in [0.5, 0.6) is 11.5 Å². The molecule has 2 aromatic carbocycles. The van der Waals surface area contributed by atoms with Crippen molar-refractivity contribution in [2.45, 2.75) is 34.1 Å². The quantitative estimate of drug-likeness (QED) is 0.678. The first-order valence-electron chi connectivity index (χ1n) is 8.97. The number of hydrogen-bond acceptors (Lipinski definition) is 2. The molecule has 1 N–H and O–H groups in total. The molecule has 2 aromatic rings. The molecule has 3 rings (SSSR count). The van der Waals surface area contributed by atoms with Gasteiger partial charge in [-0.25, -0.2) is 0 Å². The zero-order valence-corrected chi connectivity index (χ0v) is 15.8. The number of carboxylic acid groups (broad SMARTS) is 1. The van der Waals surface area contributed by atoms with E-state index in [0.717, 1.165) is 22.6 Å². The number of rotatable bonds is 6. The number of para-hydroxylation sites is 1. The molecule has 0 aromatic heterocycles. The predicted molar refractivity (Wildman–Crippen MR) is 103 cm³/mol. The minimum Gasteiger partial charge on any atom is -0.481 e. The molecule has 0 radical (unpaired) electrons. The largest absolute Gasteiger partial charge is 0.481 e. The topological polar surface area (TPSA) is 46.5 Å². The van der Waals surface area contributed by atoms with Crippen LogP contribution in [0.25, 0.3) is 0 Å². The predicted octanol–water partition coefficient (Wildman–Crippen LogP) is 5.71. The van der Waals surface area contributed by atoms with Crippen LogP contribution in [0.2, 0.25) is 0 Å². The van der Waals surface area contributed by atoms with Gasteiger partial charge in [0.1, 0.15) is 11.5 Å². The lowest BCUT2D eigenvalue weighted by Crippen LogP contribution is -2.24. The Balaban J connectivity index is 1.87. The first-order chi connectivity index (χ1) is 12.3. The zero-order valence-electron chi connectivity index (χ0n) is 15.8. The van der Waals surface area contributed by atoms with Gasteiger partial charge in [0.25, 0.3) is 0 Å². The van der Waals surface area contributed by atoms with Gasteiger partial charge in [0, 0.05) is 5.92 Å². The van der Waals surface area contributed by atoms with E-state index < -0.39 is 11.4 Å². The third-order valence-corrected chi connectivity index (χ3v) is 5.62. The van der Waals surface area contributed by atoms with Gasteiger partial charge in [0.05, 0.1) is 5.41 Å². The van der Waals surface area contributed by atoms with Crippen molar-refractivity contribution in [1.29, 1.82) is 0 Å². The molecule has 0 amide bonds. The number of carbonyl (C=O) groups is 1. The number of allylic oxidation sites excluding steroid dienone is 2. The molecular formula is C23H26O3. The zero-order chi connectivity index (χ0) is 18.9. The highest BCUT2D eigenvalue weighted by Crippen LogP contribution is 2.71. The van der Waals surface area contributed by atoms with Gasteiger partial charge in [-0.2, -0.15) is 0 Å². The van der Waals surface area contributed by atoms with Crippen LogP contribution >= 0.6 is 0 Å². The Morgan fingerprint density at radius 3 is 2.35 bits per heavy atom. The average molecular weight is 350 g/mol. The number of ether oxygens (including phenoxy) is 1. The van der Waals surface area contributed by atoms with E-state index in [1.165, 1.54) is 0 Å².